The molecule has 1 aliphatic heterocycles. The van der Waals surface area contributed by atoms with Gasteiger partial charge in [-0.3, -0.25) is 4.79 Å². The molecule has 1 N–H and O–H groups in total. The maximum atomic E-state index is 12.3. The van der Waals surface area contributed by atoms with Crippen LogP contribution in [0.4, 0.5) is 0 Å². The highest BCUT2D eigenvalue weighted by Crippen LogP contribution is 2.16. The van der Waals surface area contributed by atoms with Crippen LogP contribution in [0.2, 0.25) is 0 Å². The minimum absolute atomic E-state index is 0.136. The van der Waals surface area contributed by atoms with Gasteiger partial charge in [-0.1, -0.05) is 12.1 Å². The lowest BCUT2D eigenvalue weighted by Crippen LogP contribution is -2.41. The first-order valence-electron chi connectivity index (χ1n) is 6.79. The molecule has 2 rings (SSSR count). The Labute approximate surface area is 114 Å². The zero-order chi connectivity index (χ0) is 13.7. The predicted molar refractivity (Wildman–Crippen MR) is 75.1 cm³/mol. The van der Waals surface area contributed by atoms with Gasteiger partial charge >= 0.3 is 0 Å². The van der Waals surface area contributed by atoms with Crippen molar-refractivity contribution in [3.05, 3.63) is 29.8 Å². The molecule has 1 fully saturated rings. The van der Waals surface area contributed by atoms with Crippen LogP contribution in [0.25, 0.3) is 0 Å². The Morgan fingerprint density at radius 3 is 2.74 bits per heavy atom. The fourth-order valence-corrected chi connectivity index (χ4v) is 2.46. The Hall–Kier alpha value is -1.55. The van der Waals surface area contributed by atoms with Crippen molar-refractivity contribution in [3.63, 3.8) is 0 Å². The molecule has 1 atom stereocenters. The lowest BCUT2D eigenvalue weighted by Gasteiger charge is -2.27. The van der Waals surface area contributed by atoms with Crippen molar-refractivity contribution in [2.24, 2.45) is 5.92 Å². The topological polar surface area (TPSA) is 41.6 Å². The van der Waals surface area contributed by atoms with Gasteiger partial charge < -0.3 is 15.0 Å². The Morgan fingerprint density at radius 2 is 2.16 bits per heavy atom. The van der Waals surface area contributed by atoms with Gasteiger partial charge in [0.1, 0.15) is 5.75 Å². The Bertz CT molecular complexity index is 411. The van der Waals surface area contributed by atoms with Gasteiger partial charge in [-0.2, -0.15) is 0 Å². The second-order valence-electron chi connectivity index (χ2n) is 5.09. The molecule has 0 saturated carbocycles. The average Bonchev–Trinajstić information content (AvgIpc) is 2.48. The number of hydrogen-bond donors (Lipinski definition) is 1. The van der Waals surface area contributed by atoms with E-state index in [1.807, 2.05) is 36.2 Å². The lowest BCUT2D eigenvalue weighted by molar-refractivity contribution is -0.135. The predicted octanol–water partition coefficient (Wildman–Crippen LogP) is 1.65. The SMILES string of the molecule is COc1ccc(CN(C)C(=O)[C@H]2CCCNC2)cc1. The number of carbonyl (C=O) groups excluding carboxylic acids is 1. The van der Waals surface area contributed by atoms with E-state index in [2.05, 4.69) is 5.32 Å². The summed E-state index contributed by atoms with van der Waals surface area (Å²) in [6, 6.07) is 7.86. The van der Waals surface area contributed by atoms with E-state index in [-0.39, 0.29) is 11.8 Å². The highest BCUT2D eigenvalue weighted by atomic mass is 16.5. The maximum Gasteiger partial charge on any atom is 0.227 e. The second-order valence-corrected chi connectivity index (χ2v) is 5.09. The zero-order valence-corrected chi connectivity index (χ0v) is 11.7. The Balaban J connectivity index is 1.91. The second kappa shape index (κ2) is 6.57. The molecule has 0 aliphatic carbocycles. The minimum Gasteiger partial charge on any atom is -0.497 e. The number of amides is 1. The summed E-state index contributed by atoms with van der Waals surface area (Å²) < 4.78 is 5.13. The molecule has 1 saturated heterocycles. The van der Waals surface area contributed by atoms with Crippen LogP contribution < -0.4 is 10.1 Å². The van der Waals surface area contributed by atoms with Crippen molar-refractivity contribution in [1.82, 2.24) is 10.2 Å². The van der Waals surface area contributed by atoms with Crippen LogP contribution in [0.1, 0.15) is 18.4 Å². The van der Waals surface area contributed by atoms with Gasteiger partial charge in [-0.05, 0) is 37.1 Å². The summed E-state index contributed by atoms with van der Waals surface area (Å²) in [6.45, 7) is 2.50. The molecule has 19 heavy (non-hydrogen) atoms. The number of carbonyl (C=O) groups is 1. The molecular formula is C15H22N2O2. The summed E-state index contributed by atoms with van der Waals surface area (Å²) in [4.78, 5) is 14.1. The number of piperidine rings is 1. The molecule has 0 bridgehead atoms. The third-order valence-electron chi connectivity index (χ3n) is 3.60. The van der Waals surface area contributed by atoms with Crippen molar-refractivity contribution in [3.8, 4) is 5.75 Å². The fraction of sp³-hybridized carbons (Fsp3) is 0.533. The van der Waals surface area contributed by atoms with Gasteiger partial charge in [-0.15, -0.1) is 0 Å². The van der Waals surface area contributed by atoms with E-state index < -0.39 is 0 Å². The summed E-state index contributed by atoms with van der Waals surface area (Å²) in [7, 11) is 3.53. The number of ether oxygens (including phenoxy) is 1. The van der Waals surface area contributed by atoms with Gasteiger partial charge in [0.15, 0.2) is 0 Å². The zero-order valence-electron chi connectivity index (χ0n) is 11.7. The van der Waals surface area contributed by atoms with Gasteiger partial charge in [0.2, 0.25) is 5.91 Å². The van der Waals surface area contributed by atoms with Crippen LogP contribution in [-0.2, 0) is 11.3 Å². The van der Waals surface area contributed by atoms with E-state index in [0.29, 0.717) is 6.54 Å². The Kier molecular flexibility index (Phi) is 4.80. The molecule has 4 heteroatoms. The summed E-state index contributed by atoms with van der Waals surface area (Å²) in [5, 5.41) is 3.29. The molecule has 0 radical (unpaired) electrons. The number of hydrogen-bond acceptors (Lipinski definition) is 3. The maximum absolute atomic E-state index is 12.3. The fourth-order valence-electron chi connectivity index (χ4n) is 2.46. The minimum atomic E-state index is 0.136. The van der Waals surface area contributed by atoms with E-state index in [0.717, 1.165) is 37.2 Å². The summed E-state index contributed by atoms with van der Waals surface area (Å²) in [5.41, 5.74) is 1.13. The standard InChI is InChI=1S/C15H22N2O2/c1-17(15(18)13-4-3-9-16-10-13)11-12-5-7-14(19-2)8-6-12/h5-8,13,16H,3-4,9-11H2,1-2H3/t13-/m0/s1. The van der Waals surface area contributed by atoms with Crippen molar-refractivity contribution in [2.75, 3.05) is 27.2 Å². The lowest BCUT2D eigenvalue weighted by atomic mass is 9.98. The summed E-state index contributed by atoms with van der Waals surface area (Å²) >= 11 is 0. The van der Waals surface area contributed by atoms with Gasteiger partial charge in [0.05, 0.1) is 13.0 Å². The molecular weight excluding hydrogens is 240 g/mol. The van der Waals surface area contributed by atoms with Crippen molar-refractivity contribution < 1.29 is 9.53 Å². The molecule has 0 spiro atoms. The smallest absolute Gasteiger partial charge is 0.227 e. The molecule has 1 aliphatic rings. The van der Waals surface area contributed by atoms with E-state index in [1.54, 1.807) is 7.11 Å². The summed E-state index contributed by atoms with van der Waals surface area (Å²) in [6.07, 6.45) is 2.09. The summed E-state index contributed by atoms with van der Waals surface area (Å²) in [5.74, 6) is 1.22. The highest BCUT2D eigenvalue weighted by Gasteiger charge is 2.23. The monoisotopic (exact) mass is 262 g/mol. The number of methoxy groups -OCH3 is 1. The van der Waals surface area contributed by atoms with E-state index in [4.69, 9.17) is 4.74 Å². The first-order valence-corrected chi connectivity index (χ1v) is 6.79. The first-order chi connectivity index (χ1) is 9.20. The number of benzene rings is 1. The quantitative estimate of drug-likeness (QED) is 0.897. The first kappa shape index (κ1) is 13.9. The van der Waals surface area contributed by atoms with Crippen molar-refractivity contribution in [2.45, 2.75) is 19.4 Å². The molecule has 0 aromatic heterocycles. The third-order valence-corrected chi connectivity index (χ3v) is 3.60. The van der Waals surface area contributed by atoms with E-state index >= 15 is 0 Å². The van der Waals surface area contributed by atoms with Crippen LogP contribution in [0.3, 0.4) is 0 Å². The molecule has 4 nitrogen and oxygen atoms in total. The van der Waals surface area contributed by atoms with E-state index in [1.165, 1.54) is 0 Å². The molecule has 1 heterocycles. The van der Waals surface area contributed by atoms with Crippen LogP contribution in [0, 0.1) is 5.92 Å². The average molecular weight is 262 g/mol. The van der Waals surface area contributed by atoms with Gasteiger partial charge in [0.25, 0.3) is 0 Å². The molecule has 1 aromatic rings. The normalized spacial score (nSPS) is 18.9. The van der Waals surface area contributed by atoms with Crippen molar-refractivity contribution in [1.29, 1.82) is 0 Å². The largest absolute Gasteiger partial charge is 0.497 e. The molecule has 1 aromatic carbocycles. The number of nitrogens with zero attached hydrogens (tertiary/aromatic N) is 1. The number of nitrogens with one attached hydrogen (secondary N) is 1. The van der Waals surface area contributed by atoms with Crippen LogP contribution in [0.5, 0.6) is 5.75 Å². The Morgan fingerprint density at radius 1 is 1.42 bits per heavy atom. The number of rotatable bonds is 4. The van der Waals surface area contributed by atoms with Gasteiger partial charge in [0, 0.05) is 20.1 Å². The highest BCUT2D eigenvalue weighted by molar-refractivity contribution is 5.78. The van der Waals surface area contributed by atoms with Crippen LogP contribution in [0.15, 0.2) is 24.3 Å². The van der Waals surface area contributed by atoms with E-state index in [9.17, 15) is 4.79 Å². The molecule has 104 valence electrons. The molecule has 1 amide bonds. The third kappa shape index (κ3) is 3.70. The van der Waals surface area contributed by atoms with Crippen LogP contribution in [-0.4, -0.2) is 38.1 Å². The van der Waals surface area contributed by atoms with Crippen molar-refractivity contribution >= 4 is 5.91 Å². The molecule has 0 unspecified atom stereocenters. The van der Waals surface area contributed by atoms with Crippen LogP contribution >= 0.6 is 0 Å². The van der Waals surface area contributed by atoms with Gasteiger partial charge in [-0.25, -0.2) is 0 Å².